The summed E-state index contributed by atoms with van der Waals surface area (Å²) in [6.45, 7) is 2.03. The van der Waals surface area contributed by atoms with E-state index >= 15 is 0 Å². The summed E-state index contributed by atoms with van der Waals surface area (Å²) in [5.74, 6) is 0. The minimum absolute atomic E-state index is 0.965. The van der Waals surface area contributed by atoms with Crippen molar-refractivity contribution in [2.24, 2.45) is 7.05 Å². The second kappa shape index (κ2) is 3.53. The number of hydrogen-bond donors (Lipinski definition) is 0. The molecule has 0 aliphatic rings. The Hall–Kier alpha value is -1.16. The standard InChI is InChI=1S/C10H10BrN3/c1-7-9(11)10(13-14(7)2)8-3-5-12-6-4-8/h3-6H,1-2H3. The Balaban J connectivity index is 2.58. The van der Waals surface area contributed by atoms with E-state index < -0.39 is 0 Å². The molecular weight excluding hydrogens is 242 g/mol. The van der Waals surface area contributed by atoms with E-state index in [0.717, 1.165) is 21.4 Å². The molecule has 2 aromatic heterocycles. The van der Waals surface area contributed by atoms with Crippen molar-refractivity contribution in [3.63, 3.8) is 0 Å². The molecule has 0 aliphatic carbocycles. The molecule has 2 aromatic rings. The highest BCUT2D eigenvalue weighted by atomic mass is 79.9. The van der Waals surface area contributed by atoms with E-state index in [1.54, 1.807) is 12.4 Å². The fraction of sp³-hybridized carbons (Fsp3) is 0.200. The Morgan fingerprint density at radius 1 is 1.29 bits per heavy atom. The first kappa shape index (κ1) is 9.40. The van der Waals surface area contributed by atoms with Gasteiger partial charge in [0.25, 0.3) is 0 Å². The lowest BCUT2D eigenvalue weighted by molar-refractivity contribution is 0.742. The highest BCUT2D eigenvalue weighted by molar-refractivity contribution is 9.10. The van der Waals surface area contributed by atoms with Crippen LogP contribution in [0.3, 0.4) is 0 Å². The largest absolute Gasteiger partial charge is 0.271 e. The van der Waals surface area contributed by atoms with Crippen LogP contribution in [0.15, 0.2) is 29.0 Å². The SMILES string of the molecule is Cc1c(Br)c(-c2ccncc2)nn1C. The van der Waals surface area contributed by atoms with E-state index in [1.165, 1.54) is 0 Å². The van der Waals surface area contributed by atoms with Crippen molar-refractivity contribution in [2.45, 2.75) is 6.92 Å². The third-order valence-corrected chi connectivity index (χ3v) is 3.16. The number of pyridine rings is 1. The average molecular weight is 252 g/mol. The van der Waals surface area contributed by atoms with Crippen LogP contribution >= 0.6 is 15.9 Å². The predicted molar refractivity (Wildman–Crippen MR) is 58.9 cm³/mol. The molecule has 0 radical (unpaired) electrons. The summed E-state index contributed by atoms with van der Waals surface area (Å²) in [5.41, 5.74) is 3.17. The van der Waals surface area contributed by atoms with Gasteiger partial charge >= 0.3 is 0 Å². The summed E-state index contributed by atoms with van der Waals surface area (Å²) in [7, 11) is 1.94. The lowest BCUT2D eigenvalue weighted by atomic mass is 10.2. The van der Waals surface area contributed by atoms with Gasteiger partial charge in [-0.15, -0.1) is 0 Å². The van der Waals surface area contributed by atoms with Gasteiger partial charge in [-0.2, -0.15) is 5.10 Å². The molecule has 2 rings (SSSR count). The van der Waals surface area contributed by atoms with E-state index in [0.29, 0.717) is 0 Å². The fourth-order valence-corrected chi connectivity index (χ4v) is 1.84. The van der Waals surface area contributed by atoms with Crippen LogP contribution in [0.4, 0.5) is 0 Å². The van der Waals surface area contributed by atoms with Crippen molar-refractivity contribution < 1.29 is 0 Å². The van der Waals surface area contributed by atoms with Gasteiger partial charge in [0.15, 0.2) is 0 Å². The molecule has 72 valence electrons. The first-order chi connectivity index (χ1) is 6.70. The van der Waals surface area contributed by atoms with Gasteiger partial charge in [0.05, 0.1) is 4.47 Å². The maximum Gasteiger partial charge on any atom is 0.107 e. The van der Waals surface area contributed by atoms with Crippen LogP contribution in [0.1, 0.15) is 5.69 Å². The van der Waals surface area contributed by atoms with Crippen LogP contribution in [0.5, 0.6) is 0 Å². The van der Waals surface area contributed by atoms with Crippen LogP contribution < -0.4 is 0 Å². The summed E-state index contributed by atoms with van der Waals surface area (Å²) in [5, 5.41) is 4.42. The summed E-state index contributed by atoms with van der Waals surface area (Å²) in [6, 6.07) is 3.90. The Morgan fingerprint density at radius 2 is 1.93 bits per heavy atom. The molecule has 4 heteroatoms. The number of aromatic nitrogens is 3. The summed E-state index contributed by atoms with van der Waals surface area (Å²) in [6.07, 6.45) is 3.54. The quantitative estimate of drug-likeness (QED) is 0.780. The Labute approximate surface area is 90.9 Å². The zero-order valence-electron chi connectivity index (χ0n) is 8.03. The molecular formula is C10H10BrN3. The minimum Gasteiger partial charge on any atom is -0.271 e. The molecule has 0 atom stereocenters. The molecule has 14 heavy (non-hydrogen) atoms. The molecule has 0 amide bonds. The van der Waals surface area contributed by atoms with E-state index in [4.69, 9.17) is 0 Å². The van der Waals surface area contributed by atoms with Gasteiger partial charge in [-0.3, -0.25) is 9.67 Å². The van der Waals surface area contributed by atoms with Crippen LogP contribution in [0, 0.1) is 6.92 Å². The second-order valence-electron chi connectivity index (χ2n) is 3.11. The van der Waals surface area contributed by atoms with Crippen molar-refractivity contribution >= 4 is 15.9 Å². The first-order valence-electron chi connectivity index (χ1n) is 4.29. The van der Waals surface area contributed by atoms with Gasteiger partial charge in [0.2, 0.25) is 0 Å². The summed E-state index contributed by atoms with van der Waals surface area (Å²) in [4.78, 5) is 3.98. The highest BCUT2D eigenvalue weighted by Crippen LogP contribution is 2.28. The van der Waals surface area contributed by atoms with E-state index in [-0.39, 0.29) is 0 Å². The Kier molecular flexibility index (Phi) is 2.37. The topological polar surface area (TPSA) is 30.7 Å². The molecule has 3 nitrogen and oxygen atoms in total. The van der Waals surface area contributed by atoms with Crippen molar-refractivity contribution in [1.82, 2.24) is 14.8 Å². The van der Waals surface area contributed by atoms with E-state index in [1.807, 2.05) is 30.8 Å². The molecule has 2 heterocycles. The smallest absolute Gasteiger partial charge is 0.107 e. The number of halogens is 1. The number of nitrogens with zero attached hydrogens (tertiary/aromatic N) is 3. The fourth-order valence-electron chi connectivity index (χ4n) is 1.28. The lowest BCUT2D eigenvalue weighted by Gasteiger charge is -1.95. The highest BCUT2D eigenvalue weighted by Gasteiger charge is 2.11. The third kappa shape index (κ3) is 1.46. The van der Waals surface area contributed by atoms with Crippen LogP contribution in [-0.4, -0.2) is 14.8 Å². The maximum atomic E-state index is 4.42. The van der Waals surface area contributed by atoms with Crippen LogP contribution in [-0.2, 0) is 7.05 Å². The number of hydrogen-bond acceptors (Lipinski definition) is 2. The first-order valence-corrected chi connectivity index (χ1v) is 5.09. The Morgan fingerprint density at radius 3 is 2.43 bits per heavy atom. The normalized spacial score (nSPS) is 10.5. The molecule has 0 saturated carbocycles. The summed E-state index contributed by atoms with van der Waals surface area (Å²) >= 11 is 3.53. The van der Waals surface area contributed by atoms with E-state index in [2.05, 4.69) is 26.0 Å². The van der Waals surface area contributed by atoms with Crippen molar-refractivity contribution in [1.29, 1.82) is 0 Å². The predicted octanol–water partition coefficient (Wildman–Crippen LogP) is 2.55. The van der Waals surface area contributed by atoms with Crippen molar-refractivity contribution in [2.75, 3.05) is 0 Å². The molecule has 0 bridgehead atoms. The Bertz CT molecular complexity index is 448. The molecule has 0 unspecified atom stereocenters. The van der Waals surface area contributed by atoms with Gasteiger partial charge in [-0.25, -0.2) is 0 Å². The van der Waals surface area contributed by atoms with Gasteiger partial charge in [0.1, 0.15) is 5.69 Å². The third-order valence-electron chi connectivity index (χ3n) is 2.21. The zero-order valence-corrected chi connectivity index (χ0v) is 9.62. The molecule has 0 saturated heterocycles. The van der Waals surface area contributed by atoms with Gasteiger partial charge in [-0.05, 0) is 35.0 Å². The summed E-state index contributed by atoms with van der Waals surface area (Å²) < 4.78 is 2.91. The zero-order chi connectivity index (χ0) is 10.1. The van der Waals surface area contributed by atoms with Gasteiger partial charge in [-0.1, -0.05) is 0 Å². The van der Waals surface area contributed by atoms with E-state index in [9.17, 15) is 0 Å². The molecule has 0 fully saturated rings. The second-order valence-corrected chi connectivity index (χ2v) is 3.90. The molecule has 0 aromatic carbocycles. The van der Waals surface area contributed by atoms with Gasteiger partial charge < -0.3 is 0 Å². The van der Waals surface area contributed by atoms with Crippen molar-refractivity contribution in [3.05, 3.63) is 34.7 Å². The molecule has 0 spiro atoms. The minimum atomic E-state index is 0.965. The number of aryl methyl sites for hydroxylation is 1. The number of rotatable bonds is 1. The monoisotopic (exact) mass is 251 g/mol. The molecule has 0 aliphatic heterocycles. The maximum absolute atomic E-state index is 4.42. The van der Waals surface area contributed by atoms with Crippen LogP contribution in [0.2, 0.25) is 0 Å². The molecule has 0 N–H and O–H groups in total. The van der Waals surface area contributed by atoms with Crippen molar-refractivity contribution in [3.8, 4) is 11.3 Å². The van der Waals surface area contributed by atoms with Crippen LogP contribution in [0.25, 0.3) is 11.3 Å². The van der Waals surface area contributed by atoms with Gasteiger partial charge in [0, 0.05) is 30.7 Å². The average Bonchev–Trinajstić information content (AvgIpc) is 2.47. The lowest BCUT2D eigenvalue weighted by Crippen LogP contribution is -1.92.